The predicted molar refractivity (Wildman–Crippen MR) is 88.5 cm³/mol. The van der Waals surface area contributed by atoms with Gasteiger partial charge in [0.1, 0.15) is 0 Å². The van der Waals surface area contributed by atoms with Gasteiger partial charge < -0.3 is 15.3 Å². The summed E-state index contributed by atoms with van der Waals surface area (Å²) in [7, 11) is 0. The first-order valence-corrected chi connectivity index (χ1v) is 8.31. The number of aliphatic hydroxyl groups excluding tert-OH is 1. The summed E-state index contributed by atoms with van der Waals surface area (Å²) in [5.74, 6) is 0.545. The Balaban J connectivity index is 1.62. The minimum absolute atomic E-state index is 0.187. The molecular formula is C18H30N2O. The van der Waals surface area contributed by atoms with Crippen LogP contribution in [0.2, 0.25) is 0 Å². The molecule has 0 aliphatic carbocycles. The molecule has 2 N–H and O–H groups in total. The van der Waals surface area contributed by atoms with E-state index in [0.717, 1.165) is 32.5 Å². The molecule has 1 aliphatic rings. The average Bonchev–Trinajstić information content (AvgIpc) is 2.91. The highest BCUT2D eigenvalue weighted by molar-refractivity contribution is 5.14. The topological polar surface area (TPSA) is 35.5 Å². The normalized spacial score (nSPS) is 22.3. The lowest BCUT2D eigenvalue weighted by Crippen LogP contribution is -2.36. The van der Waals surface area contributed by atoms with Crippen molar-refractivity contribution in [3.63, 3.8) is 0 Å². The van der Waals surface area contributed by atoms with Crippen molar-refractivity contribution >= 4 is 0 Å². The molecule has 0 spiro atoms. The number of aliphatic hydroxyl groups is 1. The van der Waals surface area contributed by atoms with E-state index in [1.54, 1.807) is 0 Å². The third-order valence-corrected chi connectivity index (χ3v) is 4.33. The molecule has 0 radical (unpaired) electrons. The molecule has 1 saturated heterocycles. The molecule has 1 fully saturated rings. The summed E-state index contributed by atoms with van der Waals surface area (Å²) in [5, 5.41) is 13.1. The van der Waals surface area contributed by atoms with Crippen LogP contribution < -0.4 is 5.32 Å². The average molecular weight is 290 g/mol. The largest absolute Gasteiger partial charge is 0.393 e. The van der Waals surface area contributed by atoms with Crippen molar-refractivity contribution in [1.82, 2.24) is 10.2 Å². The Morgan fingerprint density at radius 1 is 1.29 bits per heavy atom. The summed E-state index contributed by atoms with van der Waals surface area (Å²) in [5.41, 5.74) is 1.43. The van der Waals surface area contributed by atoms with Crippen LogP contribution in [0.4, 0.5) is 0 Å². The maximum absolute atomic E-state index is 9.40. The van der Waals surface area contributed by atoms with Crippen molar-refractivity contribution in [3.05, 3.63) is 35.9 Å². The van der Waals surface area contributed by atoms with E-state index in [9.17, 15) is 5.11 Å². The monoisotopic (exact) mass is 290 g/mol. The molecule has 118 valence electrons. The Hall–Kier alpha value is -0.900. The van der Waals surface area contributed by atoms with E-state index in [0.29, 0.717) is 12.0 Å². The smallest absolute Gasteiger partial charge is 0.0515 e. The van der Waals surface area contributed by atoms with Gasteiger partial charge >= 0.3 is 0 Å². The van der Waals surface area contributed by atoms with E-state index in [2.05, 4.69) is 47.5 Å². The van der Waals surface area contributed by atoms with E-state index < -0.39 is 0 Å². The van der Waals surface area contributed by atoms with Crippen molar-refractivity contribution in [2.24, 2.45) is 5.92 Å². The zero-order valence-corrected chi connectivity index (χ0v) is 13.5. The van der Waals surface area contributed by atoms with Crippen molar-refractivity contribution in [2.45, 2.75) is 45.3 Å². The van der Waals surface area contributed by atoms with Crippen molar-refractivity contribution in [1.29, 1.82) is 0 Å². The van der Waals surface area contributed by atoms with Crippen LogP contribution in [0.5, 0.6) is 0 Å². The fraction of sp³-hybridized carbons (Fsp3) is 0.667. The number of benzene rings is 1. The van der Waals surface area contributed by atoms with Crippen molar-refractivity contribution in [3.8, 4) is 0 Å². The molecule has 0 saturated carbocycles. The minimum Gasteiger partial charge on any atom is -0.393 e. The molecule has 0 bridgehead atoms. The Kier molecular flexibility index (Phi) is 6.68. The number of hydrogen-bond donors (Lipinski definition) is 2. The maximum atomic E-state index is 9.40. The Morgan fingerprint density at radius 2 is 2.05 bits per heavy atom. The van der Waals surface area contributed by atoms with Gasteiger partial charge in [-0.2, -0.15) is 0 Å². The van der Waals surface area contributed by atoms with Gasteiger partial charge in [0.2, 0.25) is 0 Å². The number of rotatable bonds is 8. The molecule has 3 atom stereocenters. The molecule has 0 aromatic heterocycles. The molecule has 3 nitrogen and oxygen atoms in total. The Labute approximate surface area is 129 Å². The second-order valence-electron chi connectivity index (χ2n) is 6.62. The van der Waals surface area contributed by atoms with Gasteiger partial charge in [0.05, 0.1) is 6.10 Å². The Bertz CT molecular complexity index is 393. The molecule has 2 rings (SSSR count). The molecule has 1 aromatic rings. The van der Waals surface area contributed by atoms with Crippen molar-refractivity contribution in [2.75, 3.05) is 26.2 Å². The first-order chi connectivity index (χ1) is 10.1. The molecule has 1 heterocycles. The van der Waals surface area contributed by atoms with Crippen molar-refractivity contribution < 1.29 is 5.11 Å². The lowest BCUT2D eigenvalue weighted by Gasteiger charge is -2.19. The van der Waals surface area contributed by atoms with Gasteiger partial charge in [0.25, 0.3) is 0 Å². The molecule has 3 heteroatoms. The second kappa shape index (κ2) is 8.52. The third-order valence-electron chi connectivity index (χ3n) is 4.33. The van der Waals surface area contributed by atoms with Crippen LogP contribution in [0.15, 0.2) is 30.3 Å². The third kappa shape index (κ3) is 6.16. The first kappa shape index (κ1) is 16.5. The van der Waals surface area contributed by atoms with Gasteiger partial charge in [-0.3, -0.25) is 0 Å². The van der Waals surface area contributed by atoms with E-state index in [1.807, 2.05) is 6.92 Å². The number of likely N-dealkylation sites (tertiary alicyclic amines) is 1. The van der Waals surface area contributed by atoms with E-state index in [-0.39, 0.29) is 6.10 Å². The summed E-state index contributed by atoms with van der Waals surface area (Å²) >= 11 is 0. The molecule has 3 unspecified atom stereocenters. The zero-order chi connectivity index (χ0) is 15.1. The highest BCUT2D eigenvalue weighted by Gasteiger charge is 2.22. The molecular weight excluding hydrogens is 260 g/mol. The number of nitrogens with zero attached hydrogens (tertiary/aromatic N) is 1. The van der Waals surface area contributed by atoms with Gasteiger partial charge in [-0.25, -0.2) is 0 Å². The fourth-order valence-electron chi connectivity index (χ4n) is 3.17. The summed E-state index contributed by atoms with van der Waals surface area (Å²) in [6.07, 6.45) is 3.09. The summed E-state index contributed by atoms with van der Waals surface area (Å²) in [4.78, 5) is 2.56. The fourth-order valence-corrected chi connectivity index (χ4v) is 3.17. The highest BCUT2D eigenvalue weighted by Crippen LogP contribution is 2.12. The minimum atomic E-state index is -0.187. The first-order valence-electron chi connectivity index (χ1n) is 8.31. The molecule has 21 heavy (non-hydrogen) atoms. The van der Waals surface area contributed by atoms with Crippen LogP contribution in [0, 0.1) is 5.92 Å². The standard InChI is InChI=1S/C18H30N2O/c1-15(12-16(2)21)13-19-18-9-11-20(14-18)10-8-17-6-4-3-5-7-17/h3-7,15-16,18-19,21H,8-14H2,1-2H3. The predicted octanol–water partition coefficient (Wildman–Crippen LogP) is 2.30. The van der Waals surface area contributed by atoms with Gasteiger partial charge in [-0.05, 0) is 50.8 Å². The molecule has 1 aliphatic heterocycles. The van der Waals surface area contributed by atoms with E-state index >= 15 is 0 Å². The van der Waals surface area contributed by atoms with Crippen LogP contribution in [-0.2, 0) is 6.42 Å². The maximum Gasteiger partial charge on any atom is 0.0515 e. The molecule has 0 amide bonds. The van der Waals surface area contributed by atoms with Crippen LogP contribution in [-0.4, -0.2) is 48.3 Å². The second-order valence-corrected chi connectivity index (χ2v) is 6.62. The van der Waals surface area contributed by atoms with Crippen LogP contribution in [0.3, 0.4) is 0 Å². The van der Waals surface area contributed by atoms with E-state index in [1.165, 1.54) is 18.5 Å². The van der Waals surface area contributed by atoms with Crippen LogP contribution in [0.1, 0.15) is 32.3 Å². The van der Waals surface area contributed by atoms with Gasteiger partial charge in [0.15, 0.2) is 0 Å². The van der Waals surface area contributed by atoms with E-state index in [4.69, 9.17) is 0 Å². The summed E-state index contributed by atoms with van der Waals surface area (Å²) < 4.78 is 0. The lowest BCUT2D eigenvalue weighted by molar-refractivity contribution is 0.162. The van der Waals surface area contributed by atoms with Crippen LogP contribution >= 0.6 is 0 Å². The van der Waals surface area contributed by atoms with Gasteiger partial charge in [-0.15, -0.1) is 0 Å². The molecule has 1 aromatic carbocycles. The zero-order valence-electron chi connectivity index (χ0n) is 13.5. The lowest BCUT2D eigenvalue weighted by atomic mass is 10.0. The summed E-state index contributed by atoms with van der Waals surface area (Å²) in [6, 6.07) is 11.4. The summed E-state index contributed by atoms with van der Waals surface area (Å²) in [6.45, 7) is 8.62. The van der Waals surface area contributed by atoms with Crippen LogP contribution in [0.25, 0.3) is 0 Å². The SMILES string of the molecule is CC(O)CC(C)CNC1CCN(CCc2ccccc2)C1. The highest BCUT2D eigenvalue weighted by atomic mass is 16.3. The van der Waals surface area contributed by atoms with Gasteiger partial charge in [-0.1, -0.05) is 37.3 Å². The number of nitrogens with one attached hydrogen (secondary N) is 1. The quantitative estimate of drug-likeness (QED) is 0.771. The Morgan fingerprint density at radius 3 is 2.76 bits per heavy atom. The van der Waals surface area contributed by atoms with Gasteiger partial charge in [0, 0.05) is 19.1 Å². The number of hydrogen-bond acceptors (Lipinski definition) is 3.